The molecule has 11 heteroatoms. The largest absolute Gasteiger partial charge is 0.481 e. The number of aliphatic carboxylic acids is 1. The summed E-state index contributed by atoms with van der Waals surface area (Å²) < 4.78 is 11.2. The van der Waals surface area contributed by atoms with Gasteiger partial charge in [-0.1, -0.05) is 43.7 Å². The molecule has 3 heterocycles. The van der Waals surface area contributed by atoms with Gasteiger partial charge in [0.2, 0.25) is 12.7 Å². The first-order valence-corrected chi connectivity index (χ1v) is 16.3. The van der Waals surface area contributed by atoms with E-state index in [2.05, 4.69) is 6.92 Å². The molecule has 1 fully saturated rings. The van der Waals surface area contributed by atoms with Crippen molar-refractivity contribution in [3.05, 3.63) is 88.5 Å². The van der Waals surface area contributed by atoms with Gasteiger partial charge in [0.25, 0.3) is 5.91 Å². The van der Waals surface area contributed by atoms with Crippen molar-refractivity contribution in [2.45, 2.75) is 57.8 Å². The molecule has 0 saturated carbocycles. The van der Waals surface area contributed by atoms with E-state index in [0.29, 0.717) is 67.3 Å². The Morgan fingerprint density at radius 2 is 1.91 bits per heavy atom. The van der Waals surface area contributed by atoms with Gasteiger partial charge in [0.1, 0.15) is 0 Å². The number of amides is 2. The van der Waals surface area contributed by atoms with Gasteiger partial charge in [0, 0.05) is 61.5 Å². The maximum atomic E-state index is 14.2. The smallest absolute Gasteiger partial charge is 0.308 e. The average Bonchev–Trinajstić information content (AvgIpc) is 3.79. The van der Waals surface area contributed by atoms with E-state index in [1.165, 1.54) is 0 Å². The second kappa shape index (κ2) is 14.1. The number of carbonyl (C=O) groups is 3. The van der Waals surface area contributed by atoms with Gasteiger partial charge in [0.05, 0.1) is 19.1 Å². The lowest BCUT2D eigenvalue weighted by atomic mass is 9.83. The molecule has 6 rings (SSSR count). The molecule has 0 aliphatic carbocycles. The van der Waals surface area contributed by atoms with Crippen molar-refractivity contribution in [1.29, 1.82) is 0 Å². The summed E-state index contributed by atoms with van der Waals surface area (Å²) >= 11 is 0. The van der Waals surface area contributed by atoms with Crippen LogP contribution in [0.3, 0.4) is 0 Å². The number of hydrogen-bond acceptors (Lipinski definition) is 8. The van der Waals surface area contributed by atoms with Crippen LogP contribution in [0.5, 0.6) is 11.5 Å². The Balaban J connectivity index is 1.31. The molecule has 0 bridgehead atoms. The Bertz CT molecular complexity index is 1650. The average molecular weight is 643 g/mol. The number of carboxylic acid groups (broad SMARTS) is 1. The summed E-state index contributed by atoms with van der Waals surface area (Å²) in [6.07, 6.45) is 2.08. The van der Waals surface area contributed by atoms with Gasteiger partial charge in [-0.2, -0.15) is 0 Å². The predicted molar refractivity (Wildman–Crippen MR) is 175 cm³/mol. The molecular weight excluding hydrogens is 600 g/mol. The fraction of sp³-hybridized carbons (Fsp3) is 0.417. The summed E-state index contributed by atoms with van der Waals surface area (Å²) in [6.45, 7) is 3.80. The minimum atomic E-state index is -0.979. The molecule has 47 heavy (non-hydrogen) atoms. The number of nitrogens with zero attached hydrogens (tertiary/aromatic N) is 3. The van der Waals surface area contributed by atoms with Crippen LogP contribution in [-0.2, 0) is 29.3 Å². The zero-order valence-electron chi connectivity index (χ0n) is 26.6. The number of carbonyl (C=O) groups excluding carboxylic acids is 2. The van der Waals surface area contributed by atoms with E-state index in [9.17, 15) is 24.6 Å². The van der Waals surface area contributed by atoms with Crippen LogP contribution in [0.25, 0.3) is 0 Å². The molecular formula is C36H42N4O7. The minimum Gasteiger partial charge on any atom is -0.481 e. The number of hydrogen-bond donors (Lipinski definition) is 3. The third-order valence-electron chi connectivity index (χ3n) is 9.63. The van der Waals surface area contributed by atoms with Gasteiger partial charge in [0.15, 0.2) is 11.5 Å². The van der Waals surface area contributed by atoms with Gasteiger partial charge < -0.3 is 35.2 Å². The minimum absolute atomic E-state index is 0.00704. The maximum absolute atomic E-state index is 14.2. The second-order valence-corrected chi connectivity index (χ2v) is 12.5. The molecule has 2 amide bonds. The second-order valence-electron chi connectivity index (χ2n) is 12.5. The van der Waals surface area contributed by atoms with E-state index in [0.717, 1.165) is 29.7 Å². The fourth-order valence-corrected chi connectivity index (χ4v) is 7.24. The summed E-state index contributed by atoms with van der Waals surface area (Å²) in [5.74, 6) is -1.63. The summed E-state index contributed by atoms with van der Waals surface area (Å²) in [5.41, 5.74) is 10.4. The Hall–Kier alpha value is -4.45. The number of rotatable bonds is 13. The van der Waals surface area contributed by atoms with E-state index in [-0.39, 0.29) is 31.8 Å². The first-order valence-electron chi connectivity index (χ1n) is 16.3. The third kappa shape index (κ3) is 6.56. The highest BCUT2D eigenvalue weighted by Crippen LogP contribution is 2.45. The first-order chi connectivity index (χ1) is 22.8. The van der Waals surface area contributed by atoms with Gasteiger partial charge in [-0.05, 0) is 59.9 Å². The van der Waals surface area contributed by atoms with Crippen molar-refractivity contribution in [2.75, 3.05) is 37.9 Å². The molecule has 3 atom stereocenters. The van der Waals surface area contributed by atoms with Crippen LogP contribution in [0, 0.1) is 5.92 Å². The molecule has 248 valence electrons. The SMILES string of the molecule is CCCCN(C(=O)CN1C[C@H](c2cc(CO)c3c(c2)OCO3)[C@@H](C(=O)O)[C@@H]1CCN1Cc2ccccc2C1=O)c1cccc(CN)c1. The van der Waals surface area contributed by atoms with E-state index < -0.39 is 23.8 Å². The number of ether oxygens (including phenoxy) is 2. The standard InChI is InChI=1S/C36H42N4O7/c1-2-3-12-40(27-9-6-7-23(14-27)17-37)32(42)20-39-19-29(25-15-26(21-41)34-31(16-25)46-22-47-34)33(36(44)45)30(39)11-13-38-18-24-8-4-5-10-28(24)35(38)43/h4-10,14-16,29-30,33,41H,2-3,11-13,17-22,37H2,1H3,(H,44,45)/t29-,30+,33-/m1/s1. The number of benzene rings is 3. The molecule has 0 radical (unpaired) electrons. The molecule has 1 saturated heterocycles. The van der Waals surface area contributed by atoms with E-state index >= 15 is 0 Å². The molecule has 3 aromatic carbocycles. The number of anilines is 1. The van der Waals surface area contributed by atoms with Crippen molar-refractivity contribution in [3.63, 3.8) is 0 Å². The number of aliphatic hydroxyl groups excluding tert-OH is 1. The van der Waals surface area contributed by atoms with Crippen LogP contribution >= 0.6 is 0 Å². The number of likely N-dealkylation sites (tertiary alicyclic amines) is 1. The van der Waals surface area contributed by atoms with Crippen LogP contribution in [0.1, 0.15) is 64.7 Å². The van der Waals surface area contributed by atoms with Gasteiger partial charge in [-0.15, -0.1) is 0 Å². The highest BCUT2D eigenvalue weighted by atomic mass is 16.7. The summed E-state index contributed by atoms with van der Waals surface area (Å²) in [4.78, 5) is 46.0. The lowest BCUT2D eigenvalue weighted by Gasteiger charge is -2.31. The van der Waals surface area contributed by atoms with Crippen LogP contribution in [0.2, 0.25) is 0 Å². The lowest BCUT2D eigenvalue weighted by Crippen LogP contribution is -2.45. The number of carboxylic acids is 1. The monoisotopic (exact) mass is 642 g/mol. The Labute approximate surface area is 274 Å². The van der Waals surface area contributed by atoms with Crippen molar-refractivity contribution in [1.82, 2.24) is 9.80 Å². The quantitative estimate of drug-likeness (QED) is 0.254. The topological polar surface area (TPSA) is 146 Å². The van der Waals surface area contributed by atoms with E-state index in [1.807, 2.05) is 53.4 Å². The summed E-state index contributed by atoms with van der Waals surface area (Å²) in [5, 5.41) is 20.8. The van der Waals surface area contributed by atoms with Gasteiger partial charge in [-0.3, -0.25) is 19.3 Å². The van der Waals surface area contributed by atoms with Crippen molar-refractivity contribution in [3.8, 4) is 11.5 Å². The Morgan fingerprint density at radius 1 is 1.09 bits per heavy atom. The molecule has 11 nitrogen and oxygen atoms in total. The zero-order chi connectivity index (χ0) is 33.1. The highest BCUT2D eigenvalue weighted by molar-refractivity contribution is 5.98. The Kier molecular flexibility index (Phi) is 9.76. The number of aliphatic hydroxyl groups is 1. The van der Waals surface area contributed by atoms with Gasteiger partial charge in [-0.25, -0.2) is 0 Å². The molecule has 3 aliphatic heterocycles. The molecule has 0 spiro atoms. The van der Waals surface area contributed by atoms with Crippen LogP contribution in [0.15, 0.2) is 60.7 Å². The van der Waals surface area contributed by atoms with E-state index in [4.69, 9.17) is 15.2 Å². The fourth-order valence-electron chi connectivity index (χ4n) is 7.24. The normalized spacial score (nSPS) is 20.1. The van der Waals surface area contributed by atoms with Crippen LogP contribution in [0.4, 0.5) is 5.69 Å². The first kappa shape index (κ1) is 32.5. The van der Waals surface area contributed by atoms with Gasteiger partial charge >= 0.3 is 5.97 Å². The Morgan fingerprint density at radius 3 is 2.66 bits per heavy atom. The molecule has 3 aromatic rings. The number of fused-ring (bicyclic) bond motifs is 2. The van der Waals surface area contributed by atoms with Crippen LogP contribution < -0.4 is 20.1 Å². The third-order valence-corrected chi connectivity index (χ3v) is 9.63. The summed E-state index contributed by atoms with van der Waals surface area (Å²) in [7, 11) is 0. The van der Waals surface area contributed by atoms with E-state index in [1.54, 1.807) is 21.9 Å². The molecule has 4 N–H and O–H groups in total. The molecule has 0 aromatic heterocycles. The number of unbranched alkanes of at least 4 members (excludes halogenated alkanes) is 1. The summed E-state index contributed by atoms with van der Waals surface area (Å²) in [6, 6.07) is 18.2. The van der Waals surface area contributed by atoms with Crippen molar-refractivity contribution < 1.29 is 34.1 Å². The molecule has 0 unspecified atom stereocenters. The molecule has 3 aliphatic rings. The maximum Gasteiger partial charge on any atom is 0.308 e. The lowest BCUT2D eigenvalue weighted by molar-refractivity contribution is -0.143. The van der Waals surface area contributed by atoms with Crippen molar-refractivity contribution in [2.24, 2.45) is 11.7 Å². The predicted octanol–water partition coefficient (Wildman–Crippen LogP) is 3.71. The van der Waals surface area contributed by atoms with Crippen LogP contribution in [-0.4, -0.2) is 76.8 Å². The highest BCUT2D eigenvalue weighted by Gasteiger charge is 2.48. The number of nitrogens with two attached hydrogens (primary N) is 1. The van der Waals surface area contributed by atoms with Crippen molar-refractivity contribution >= 4 is 23.5 Å². The zero-order valence-corrected chi connectivity index (χ0v) is 26.6.